The normalized spacial score (nSPS) is 27.4. The summed E-state index contributed by atoms with van der Waals surface area (Å²) in [5.41, 5.74) is 0.0805. The van der Waals surface area contributed by atoms with Crippen LogP contribution in [-0.4, -0.2) is 119 Å². The Bertz CT molecular complexity index is 1590. The van der Waals surface area contributed by atoms with Gasteiger partial charge in [-0.2, -0.15) is 0 Å². The molecular weight excluding hydrogens is 706 g/mol. The summed E-state index contributed by atoms with van der Waals surface area (Å²) >= 11 is 0. The van der Waals surface area contributed by atoms with Gasteiger partial charge < -0.3 is 35.4 Å². The third kappa shape index (κ3) is 9.72. The first-order valence-corrected chi connectivity index (χ1v) is 19.2. The molecule has 5 rings (SSSR count). The fourth-order valence-corrected chi connectivity index (χ4v) is 7.96. The second-order valence-corrected chi connectivity index (χ2v) is 15.1. The van der Waals surface area contributed by atoms with Crippen LogP contribution < -0.4 is 16.0 Å². The highest BCUT2D eigenvalue weighted by Crippen LogP contribution is 2.28. The molecule has 4 heterocycles. The Labute approximate surface area is 314 Å². The molecule has 1 aromatic carbocycles. The average molecular weight is 759 g/mol. The number of ether oxygens (including phenoxy) is 1. The van der Waals surface area contributed by atoms with E-state index in [0.29, 0.717) is 44.6 Å². The maximum absolute atomic E-state index is 14.4. The molecule has 4 saturated heterocycles. The molecule has 0 aromatic heterocycles. The number of cyclic esters (lactones) is 1. The number of fused-ring (bicyclic) bond motifs is 3. The van der Waals surface area contributed by atoms with Crippen LogP contribution >= 0.6 is 0 Å². The molecule has 0 bridgehead atoms. The summed E-state index contributed by atoms with van der Waals surface area (Å²) in [7, 11) is 0. The molecule has 1 aromatic rings. The van der Waals surface area contributed by atoms with E-state index in [1.807, 2.05) is 13.8 Å². The van der Waals surface area contributed by atoms with E-state index >= 15 is 0 Å². The number of hydrogen-bond donors (Lipinski definition) is 3. The first-order chi connectivity index (χ1) is 25.8. The van der Waals surface area contributed by atoms with E-state index in [4.69, 9.17) is 4.74 Å². The summed E-state index contributed by atoms with van der Waals surface area (Å²) in [4.78, 5) is 101. The number of nitrogens with zero attached hydrogens (tertiary/aromatic N) is 3. The molecule has 6 amide bonds. The number of unbranched alkanes of at least 4 members (excludes halogenated alkanes) is 2. The van der Waals surface area contributed by atoms with E-state index in [9.17, 15) is 42.3 Å². The Morgan fingerprint density at radius 2 is 1.56 bits per heavy atom. The highest BCUT2D eigenvalue weighted by Gasteiger charge is 2.46. The molecule has 0 unspecified atom stereocenters. The van der Waals surface area contributed by atoms with Crippen molar-refractivity contribution in [3.05, 3.63) is 35.4 Å². The Balaban J connectivity index is 1.47. The number of benzene rings is 1. The molecule has 7 atom stereocenters. The molecule has 0 aliphatic carbocycles. The second kappa shape index (κ2) is 18.1. The van der Waals surface area contributed by atoms with Crippen molar-refractivity contribution in [2.24, 2.45) is 5.92 Å². The van der Waals surface area contributed by atoms with Crippen molar-refractivity contribution in [1.29, 1.82) is 0 Å². The first-order valence-electron chi connectivity index (χ1n) is 19.2. The van der Waals surface area contributed by atoms with Gasteiger partial charge in [-0.1, -0.05) is 26.7 Å². The molecule has 0 spiro atoms. The molecule has 3 N–H and O–H groups in total. The lowest BCUT2D eigenvalue weighted by Gasteiger charge is -2.39. The molecule has 0 radical (unpaired) electrons. The molecule has 4 aliphatic rings. The monoisotopic (exact) mass is 758 g/mol. The van der Waals surface area contributed by atoms with Gasteiger partial charge in [0.2, 0.25) is 35.4 Å². The van der Waals surface area contributed by atoms with Gasteiger partial charge in [0.05, 0.1) is 0 Å². The number of amides is 6. The van der Waals surface area contributed by atoms with Gasteiger partial charge in [-0.3, -0.25) is 28.8 Å². The number of carbonyl (C=O) groups excluding carboxylic acids is 7. The molecule has 4 aliphatic heterocycles. The smallest absolute Gasteiger partial charge is 0.328 e. The van der Waals surface area contributed by atoms with Gasteiger partial charge >= 0.3 is 5.97 Å². The maximum Gasteiger partial charge on any atom is 0.328 e. The van der Waals surface area contributed by atoms with Crippen LogP contribution in [0, 0.1) is 17.6 Å². The Hall–Kier alpha value is -4.63. The molecule has 0 saturated carbocycles. The van der Waals surface area contributed by atoms with E-state index in [1.165, 1.54) is 21.6 Å². The summed E-state index contributed by atoms with van der Waals surface area (Å²) in [6, 6.07) is -4.00. The lowest BCUT2D eigenvalue weighted by Crippen LogP contribution is -2.62. The number of piperidine rings is 1. The lowest BCUT2D eigenvalue weighted by atomic mass is 9.99. The highest BCUT2D eigenvalue weighted by atomic mass is 19.1. The molecular formula is C38H52F2N6O8. The molecule has 16 heteroatoms. The first kappa shape index (κ1) is 40.6. The summed E-state index contributed by atoms with van der Waals surface area (Å²) in [6.07, 6.45) is 4.64. The van der Waals surface area contributed by atoms with Crippen LogP contribution in [-0.2, 0) is 44.7 Å². The highest BCUT2D eigenvalue weighted by molar-refractivity contribution is 5.97. The minimum atomic E-state index is -1.53. The van der Waals surface area contributed by atoms with Crippen LogP contribution in [0.5, 0.6) is 0 Å². The molecule has 54 heavy (non-hydrogen) atoms. The summed E-state index contributed by atoms with van der Waals surface area (Å²) in [5.74, 6) is -6.14. The Kier molecular flexibility index (Phi) is 13.6. The number of rotatable bonds is 9. The summed E-state index contributed by atoms with van der Waals surface area (Å²) in [6.45, 7) is 5.37. The fraction of sp³-hybridized carbons (Fsp3) is 0.658. The number of carbonyl (C=O) groups is 7. The van der Waals surface area contributed by atoms with E-state index in [-0.39, 0.29) is 50.4 Å². The zero-order valence-electron chi connectivity index (χ0n) is 31.2. The van der Waals surface area contributed by atoms with Gasteiger partial charge in [0.25, 0.3) is 0 Å². The van der Waals surface area contributed by atoms with Crippen molar-refractivity contribution in [3.63, 3.8) is 0 Å². The van der Waals surface area contributed by atoms with Crippen LogP contribution in [0.1, 0.15) is 90.5 Å². The minimum absolute atomic E-state index is 0.0805. The van der Waals surface area contributed by atoms with Crippen molar-refractivity contribution in [2.75, 3.05) is 26.2 Å². The summed E-state index contributed by atoms with van der Waals surface area (Å²) in [5, 5.41) is 8.00. The third-order valence-electron chi connectivity index (χ3n) is 10.7. The van der Waals surface area contributed by atoms with E-state index < -0.39 is 95.9 Å². The number of halogens is 2. The van der Waals surface area contributed by atoms with E-state index in [2.05, 4.69) is 16.0 Å². The van der Waals surface area contributed by atoms with Crippen LogP contribution in [0.25, 0.3) is 0 Å². The zero-order chi connectivity index (χ0) is 39.1. The predicted octanol–water partition coefficient (Wildman–Crippen LogP) is 1.73. The number of esters is 1. The third-order valence-corrected chi connectivity index (χ3v) is 10.7. The van der Waals surface area contributed by atoms with Crippen LogP contribution in [0.3, 0.4) is 0 Å². The van der Waals surface area contributed by atoms with Crippen molar-refractivity contribution in [2.45, 2.75) is 128 Å². The van der Waals surface area contributed by atoms with Gasteiger partial charge in [-0.25, -0.2) is 13.6 Å². The van der Waals surface area contributed by atoms with Crippen LogP contribution in [0.2, 0.25) is 0 Å². The standard InChI is InChI=1S/C38H52F2N6O8/c1-4-5-6-12-32(47)42-27(18-24-16-25(39)19-26(40)17-24)33(48)43-28-21-54-38(53)31-15-22(2)20-46(31)35(50)23(3)41-34(49)29-10-7-8-13-44(29)37(52)30-11-9-14-45(30)36(28)51/h16-17,19,22-23,27-31H,4-15,18,20-21H2,1-3H3,(H,41,49)(H,42,47)(H,43,48)/t22-,23+,27+,28+,29+,30+,31+/m1/s1. The lowest BCUT2D eigenvalue weighted by molar-refractivity contribution is -0.158. The van der Waals surface area contributed by atoms with E-state index in [1.54, 1.807) is 0 Å². The molecule has 4 fully saturated rings. The summed E-state index contributed by atoms with van der Waals surface area (Å²) < 4.78 is 34.0. The second-order valence-electron chi connectivity index (χ2n) is 15.1. The largest absolute Gasteiger partial charge is 0.461 e. The number of nitrogens with one attached hydrogen (secondary N) is 3. The van der Waals surface area contributed by atoms with Gasteiger partial charge in [0, 0.05) is 38.5 Å². The van der Waals surface area contributed by atoms with E-state index in [0.717, 1.165) is 25.0 Å². The van der Waals surface area contributed by atoms with Crippen molar-refractivity contribution < 1.29 is 47.1 Å². The van der Waals surface area contributed by atoms with Crippen molar-refractivity contribution in [3.8, 4) is 0 Å². The van der Waals surface area contributed by atoms with Crippen molar-refractivity contribution >= 4 is 41.4 Å². The molecule has 14 nitrogen and oxygen atoms in total. The fourth-order valence-electron chi connectivity index (χ4n) is 7.96. The maximum atomic E-state index is 14.4. The molecule has 296 valence electrons. The van der Waals surface area contributed by atoms with Gasteiger partial charge in [-0.15, -0.1) is 0 Å². The topological polar surface area (TPSA) is 175 Å². The number of hydrogen-bond acceptors (Lipinski definition) is 8. The zero-order valence-corrected chi connectivity index (χ0v) is 31.2. The van der Waals surface area contributed by atoms with Gasteiger partial charge in [-0.05, 0) is 75.5 Å². The van der Waals surface area contributed by atoms with Crippen LogP contribution in [0.15, 0.2) is 18.2 Å². The minimum Gasteiger partial charge on any atom is -0.461 e. The Morgan fingerprint density at radius 3 is 2.28 bits per heavy atom. The van der Waals surface area contributed by atoms with Gasteiger partial charge in [0.15, 0.2) is 0 Å². The average Bonchev–Trinajstić information content (AvgIpc) is 3.78. The predicted molar refractivity (Wildman–Crippen MR) is 190 cm³/mol. The van der Waals surface area contributed by atoms with Crippen LogP contribution in [0.4, 0.5) is 8.78 Å². The SMILES string of the molecule is CCCCCC(=O)N[C@@H](Cc1cc(F)cc(F)c1)C(=O)N[C@H]1COC(=O)[C@@H]2C[C@@H](C)CN2C(=O)[C@H](C)NC(=O)[C@@H]2CCCCN2C(=O)[C@@H]2CCCN2C1=O. The van der Waals surface area contributed by atoms with Gasteiger partial charge in [0.1, 0.15) is 54.5 Å². The Morgan fingerprint density at radius 1 is 0.870 bits per heavy atom. The quantitative estimate of drug-likeness (QED) is 0.252. The van der Waals surface area contributed by atoms with Crippen molar-refractivity contribution in [1.82, 2.24) is 30.7 Å².